The van der Waals surface area contributed by atoms with Gasteiger partial charge in [-0.2, -0.15) is 12.7 Å². The fraction of sp³-hybridized carbons (Fsp3) is 0.649. The summed E-state index contributed by atoms with van der Waals surface area (Å²) in [6.07, 6.45) is 8.88. The SMILES string of the molecule is O=C(N[C@H]1CCCCCC=C[C@@H]2C[C@@]2(C(=O)NS(=O)(=O)N2CCCC2)NC(=O)[C@@H]2C[C@@H](OC(=O)N3Cc4cccc(F)c4C3)CN2C1=O)OC1CCCC1. The van der Waals surface area contributed by atoms with Crippen LogP contribution in [-0.2, 0) is 47.2 Å². The highest BCUT2D eigenvalue weighted by Crippen LogP contribution is 2.46. The zero-order valence-corrected chi connectivity index (χ0v) is 31.1. The van der Waals surface area contributed by atoms with Gasteiger partial charge < -0.3 is 25.0 Å². The van der Waals surface area contributed by atoms with Gasteiger partial charge >= 0.3 is 22.4 Å². The van der Waals surface area contributed by atoms with E-state index in [4.69, 9.17) is 9.47 Å². The summed E-state index contributed by atoms with van der Waals surface area (Å²) in [4.78, 5) is 71.6. The monoisotopic (exact) mass is 772 g/mol. The van der Waals surface area contributed by atoms with Crippen LogP contribution in [0.2, 0.25) is 0 Å². The van der Waals surface area contributed by atoms with Gasteiger partial charge in [-0.05, 0) is 75.8 Å². The topological polar surface area (TPSA) is 184 Å². The molecule has 1 aromatic carbocycles. The van der Waals surface area contributed by atoms with Crippen molar-refractivity contribution in [1.82, 2.24) is 29.5 Å². The van der Waals surface area contributed by atoms with Gasteiger partial charge in [0.05, 0.1) is 13.1 Å². The van der Waals surface area contributed by atoms with Crippen LogP contribution >= 0.6 is 0 Å². The lowest BCUT2D eigenvalue weighted by Crippen LogP contribution is -2.59. The Kier molecular flexibility index (Phi) is 11.2. The van der Waals surface area contributed by atoms with E-state index in [9.17, 15) is 36.8 Å². The van der Waals surface area contributed by atoms with Crippen LogP contribution in [0.4, 0.5) is 14.0 Å². The molecule has 4 fully saturated rings. The first-order valence-electron chi connectivity index (χ1n) is 19.2. The molecule has 17 heteroatoms. The number of carbonyl (C=O) groups is 5. The van der Waals surface area contributed by atoms with E-state index < -0.39 is 75.6 Å². The summed E-state index contributed by atoms with van der Waals surface area (Å²) in [6, 6.07) is 2.35. The number of ether oxygens (including phenoxy) is 2. The maximum absolute atomic E-state index is 14.5. The van der Waals surface area contributed by atoms with Crippen molar-refractivity contribution in [2.24, 2.45) is 5.92 Å². The molecule has 0 unspecified atom stereocenters. The number of benzene rings is 1. The van der Waals surface area contributed by atoms with Gasteiger partial charge in [-0.25, -0.2) is 18.7 Å². The third kappa shape index (κ3) is 8.21. The molecular weight excluding hydrogens is 724 g/mol. The van der Waals surface area contributed by atoms with Crippen LogP contribution in [0.3, 0.4) is 0 Å². The fourth-order valence-electron chi connectivity index (χ4n) is 8.43. The molecule has 0 aromatic heterocycles. The highest BCUT2D eigenvalue weighted by Gasteiger charge is 2.62. The second-order valence-corrected chi connectivity index (χ2v) is 17.0. The van der Waals surface area contributed by atoms with Crippen molar-refractivity contribution in [1.29, 1.82) is 0 Å². The molecule has 0 bridgehead atoms. The van der Waals surface area contributed by atoms with E-state index in [1.165, 1.54) is 20.2 Å². The highest BCUT2D eigenvalue weighted by molar-refractivity contribution is 7.87. The van der Waals surface area contributed by atoms with Crippen LogP contribution in [0.1, 0.15) is 94.6 Å². The molecular formula is C37H49FN6O9S. The molecule has 5 amide bonds. The molecule has 4 aliphatic heterocycles. The largest absolute Gasteiger partial charge is 0.446 e. The minimum absolute atomic E-state index is 0.00208. The Morgan fingerprint density at radius 1 is 0.926 bits per heavy atom. The van der Waals surface area contributed by atoms with Crippen LogP contribution in [-0.4, -0.2) is 102 Å². The minimum Gasteiger partial charge on any atom is -0.446 e. The number of rotatable bonds is 6. The third-order valence-electron chi connectivity index (χ3n) is 11.6. The van der Waals surface area contributed by atoms with Crippen molar-refractivity contribution >= 4 is 40.1 Å². The van der Waals surface area contributed by atoms with Gasteiger partial charge in [-0.1, -0.05) is 37.1 Å². The minimum atomic E-state index is -4.15. The third-order valence-corrected chi connectivity index (χ3v) is 13.1. The second kappa shape index (κ2) is 15.8. The zero-order chi connectivity index (χ0) is 38.0. The van der Waals surface area contributed by atoms with Crippen molar-refractivity contribution in [3.8, 4) is 0 Å². The summed E-state index contributed by atoms with van der Waals surface area (Å²) in [5.74, 6) is -3.07. The van der Waals surface area contributed by atoms with Crippen molar-refractivity contribution in [2.45, 2.75) is 126 Å². The number of allylic oxidation sites excluding steroid dienone is 1. The molecule has 3 N–H and O–H groups in total. The number of fused-ring (bicyclic) bond motifs is 3. The standard InChI is InChI=1S/C37H49FN6O9S/c38-29-15-10-11-24-21-42(23-28(24)29)36(49)53-27-19-31-32(45)40-37(34(47)41-54(50,51)43-17-8-9-18-43)20-25(37)12-4-2-1-3-5-16-30(33(46)44(31)22-27)39-35(48)52-26-13-6-7-14-26/h4,10-12,15,25-27,30-31H,1-3,5-9,13-14,16-23H2,(H,39,48)(H,40,45)(H,41,47)/t25-,27-,30+,31+,37-/m1/s1. The predicted molar refractivity (Wildman–Crippen MR) is 191 cm³/mol. The van der Waals surface area contributed by atoms with Crippen LogP contribution in [0.15, 0.2) is 30.4 Å². The van der Waals surface area contributed by atoms with E-state index >= 15 is 0 Å². The molecule has 0 radical (unpaired) electrons. The molecule has 2 saturated heterocycles. The van der Waals surface area contributed by atoms with E-state index in [1.54, 1.807) is 12.1 Å². The van der Waals surface area contributed by atoms with Crippen molar-refractivity contribution < 1.29 is 46.3 Å². The van der Waals surface area contributed by atoms with Crippen molar-refractivity contribution in [3.63, 3.8) is 0 Å². The molecule has 54 heavy (non-hydrogen) atoms. The summed E-state index contributed by atoms with van der Waals surface area (Å²) < 4.78 is 55.6. The maximum Gasteiger partial charge on any atom is 0.410 e. The number of nitrogens with one attached hydrogen (secondary N) is 3. The highest BCUT2D eigenvalue weighted by atomic mass is 32.2. The molecule has 2 aliphatic carbocycles. The molecule has 2 saturated carbocycles. The summed E-state index contributed by atoms with van der Waals surface area (Å²) in [7, 11) is -4.15. The van der Waals surface area contributed by atoms with Crippen LogP contribution in [0.5, 0.6) is 0 Å². The number of halogens is 1. The average molecular weight is 773 g/mol. The first kappa shape index (κ1) is 38.0. The van der Waals surface area contributed by atoms with Gasteiger partial charge in [-0.3, -0.25) is 19.3 Å². The smallest absolute Gasteiger partial charge is 0.410 e. The predicted octanol–water partition coefficient (Wildman–Crippen LogP) is 3.14. The molecule has 6 aliphatic rings. The van der Waals surface area contributed by atoms with E-state index in [0.717, 1.165) is 38.5 Å². The van der Waals surface area contributed by atoms with Gasteiger partial charge in [0.15, 0.2) is 0 Å². The lowest BCUT2D eigenvalue weighted by atomic mass is 10.0. The second-order valence-electron chi connectivity index (χ2n) is 15.4. The van der Waals surface area contributed by atoms with Gasteiger partial charge in [0.2, 0.25) is 11.8 Å². The van der Waals surface area contributed by atoms with Crippen molar-refractivity contribution in [3.05, 3.63) is 47.3 Å². The summed E-state index contributed by atoms with van der Waals surface area (Å²) in [5, 5.41) is 5.55. The summed E-state index contributed by atoms with van der Waals surface area (Å²) >= 11 is 0. The van der Waals surface area contributed by atoms with Gasteiger partial charge in [0.1, 0.15) is 35.6 Å². The summed E-state index contributed by atoms with van der Waals surface area (Å²) in [6.45, 7) is 0.521. The quantitative estimate of drug-likeness (QED) is 0.366. The zero-order valence-electron chi connectivity index (χ0n) is 30.3. The van der Waals surface area contributed by atoms with Crippen LogP contribution < -0.4 is 15.4 Å². The lowest BCUT2D eigenvalue weighted by Gasteiger charge is -2.30. The van der Waals surface area contributed by atoms with Gasteiger partial charge in [0, 0.05) is 37.5 Å². The molecule has 294 valence electrons. The summed E-state index contributed by atoms with van der Waals surface area (Å²) in [5.41, 5.74) is -0.537. The average Bonchev–Trinajstić information content (AvgIpc) is 3.78. The Labute approximate surface area is 314 Å². The molecule has 4 heterocycles. The first-order valence-corrected chi connectivity index (χ1v) is 20.7. The Hall–Kier alpha value is -4.25. The number of carbonyl (C=O) groups excluding carboxylic acids is 5. The number of hydrogen-bond donors (Lipinski definition) is 3. The number of amides is 5. The Morgan fingerprint density at radius 3 is 2.44 bits per heavy atom. The lowest BCUT2D eigenvalue weighted by molar-refractivity contribution is -0.141. The molecule has 7 rings (SSSR count). The van der Waals surface area contributed by atoms with Gasteiger partial charge in [0.25, 0.3) is 5.91 Å². The van der Waals surface area contributed by atoms with E-state index in [2.05, 4.69) is 15.4 Å². The Balaban J connectivity index is 1.12. The van der Waals surface area contributed by atoms with Gasteiger partial charge in [-0.15, -0.1) is 0 Å². The number of alkyl carbamates (subject to hydrolysis) is 1. The van der Waals surface area contributed by atoms with E-state index in [0.29, 0.717) is 36.8 Å². The molecule has 1 aromatic rings. The maximum atomic E-state index is 14.5. The number of nitrogens with zero attached hydrogens (tertiary/aromatic N) is 3. The molecule has 15 nitrogen and oxygen atoms in total. The van der Waals surface area contributed by atoms with E-state index in [-0.39, 0.29) is 58.1 Å². The van der Waals surface area contributed by atoms with E-state index in [1.807, 2.05) is 12.2 Å². The Morgan fingerprint density at radius 2 is 1.69 bits per heavy atom. The normalized spacial score (nSPS) is 29.4. The molecule has 0 spiro atoms. The van der Waals surface area contributed by atoms with Crippen LogP contribution in [0.25, 0.3) is 0 Å². The Bertz CT molecular complexity index is 1780. The van der Waals surface area contributed by atoms with Crippen LogP contribution in [0, 0.1) is 11.7 Å². The fourth-order valence-corrected chi connectivity index (χ4v) is 9.71. The van der Waals surface area contributed by atoms with Crippen molar-refractivity contribution in [2.75, 3.05) is 19.6 Å². The first-order chi connectivity index (χ1) is 25.9. The number of hydrogen-bond acceptors (Lipinski definition) is 9. The molecule has 5 atom stereocenters.